The summed E-state index contributed by atoms with van der Waals surface area (Å²) in [5, 5.41) is 12.4. The van der Waals surface area contributed by atoms with Gasteiger partial charge in [-0.25, -0.2) is 0 Å². The number of nitrogens with one attached hydrogen (secondary N) is 1. The van der Waals surface area contributed by atoms with Crippen LogP contribution in [0.25, 0.3) is 0 Å². The van der Waals surface area contributed by atoms with Crippen molar-refractivity contribution in [3.05, 3.63) is 24.3 Å². The number of nitrogens with zero attached hydrogens (tertiary/aromatic N) is 1. The number of hydrogen-bond acceptors (Lipinski definition) is 2. The lowest BCUT2D eigenvalue weighted by Crippen LogP contribution is -2.03. The molecule has 0 saturated carbocycles. The standard InChI is InChI=1S/C8H10N2OS.HI/c1-9-8(12)10-6-2-4-7(11)5-3-6;/h2-5,11H,1H3,(H2,9,10,12);1H. The van der Waals surface area contributed by atoms with E-state index in [2.05, 4.69) is 22.9 Å². The largest absolute Gasteiger partial charge is 0.508 e. The molecule has 1 aromatic carbocycles. The van der Waals surface area contributed by atoms with Crippen LogP contribution < -0.4 is 5.32 Å². The molecule has 5 heteroatoms. The number of anilines is 1. The van der Waals surface area contributed by atoms with E-state index in [9.17, 15) is 0 Å². The topological polar surface area (TPSA) is 44.6 Å². The molecule has 0 radical (unpaired) electrons. The van der Waals surface area contributed by atoms with E-state index in [1.165, 1.54) is 0 Å². The Kier molecular flexibility index (Phi) is 5.89. The Bertz CT molecular complexity index is 287. The molecule has 72 valence electrons. The monoisotopic (exact) mass is 310 g/mol. The number of benzene rings is 1. The zero-order valence-electron chi connectivity index (χ0n) is 7.06. The highest BCUT2D eigenvalue weighted by atomic mass is 127. The number of aliphatic imine (C=N–C) groups is 1. The number of phenolic OH excluding ortho intramolecular Hbond substituents is 1. The summed E-state index contributed by atoms with van der Waals surface area (Å²) in [6.45, 7) is 0. The first-order chi connectivity index (χ1) is 5.72. The minimum atomic E-state index is 0. The molecule has 0 aliphatic rings. The summed E-state index contributed by atoms with van der Waals surface area (Å²) < 4.78 is 0. The van der Waals surface area contributed by atoms with Crippen molar-refractivity contribution >= 4 is 47.5 Å². The van der Waals surface area contributed by atoms with Crippen LogP contribution in [0.5, 0.6) is 5.75 Å². The van der Waals surface area contributed by atoms with Crippen molar-refractivity contribution in [1.29, 1.82) is 0 Å². The quantitative estimate of drug-likeness (QED) is 0.245. The SMILES string of the molecule is CN=C(S)Nc1ccc(O)cc1.I. The fourth-order valence-corrected chi connectivity index (χ4v) is 0.859. The second-order valence-corrected chi connectivity index (χ2v) is 2.64. The van der Waals surface area contributed by atoms with Crippen LogP contribution in [-0.4, -0.2) is 17.3 Å². The maximum Gasteiger partial charge on any atom is 0.157 e. The lowest BCUT2D eigenvalue weighted by Gasteiger charge is -2.02. The van der Waals surface area contributed by atoms with E-state index in [1.54, 1.807) is 31.3 Å². The molecule has 0 saturated heterocycles. The zero-order chi connectivity index (χ0) is 8.97. The van der Waals surface area contributed by atoms with E-state index in [-0.39, 0.29) is 29.7 Å². The van der Waals surface area contributed by atoms with Crippen LogP contribution in [0.3, 0.4) is 0 Å². The van der Waals surface area contributed by atoms with Gasteiger partial charge in [-0.05, 0) is 24.3 Å². The average molecular weight is 310 g/mol. The summed E-state index contributed by atoms with van der Waals surface area (Å²) >= 11 is 4.04. The van der Waals surface area contributed by atoms with Gasteiger partial charge in [0.15, 0.2) is 5.17 Å². The van der Waals surface area contributed by atoms with E-state index in [1.807, 2.05) is 0 Å². The van der Waals surface area contributed by atoms with Crippen LogP contribution in [0.2, 0.25) is 0 Å². The molecule has 1 aromatic rings. The molecule has 0 aliphatic heterocycles. The number of thiol groups is 1. The van der Waals surface area contributed by atoms with Gasteiger partial charge in [-0.15, -0.1) is 36.6 Å². The van der Waals surface area contributed by atoms with Gasteiger partial charge < -0.3 is 10.4 Å². The summed E-state index contributed by atoms with van der Waals surface area (Å²) in [5.74, 6) is 0.245. The third-order valence-corrected chi connectivity index (χ3v) is 1.65. The maximum atomic E-state index is 8.97. The molecule has 3 nitrogen and oxygen atoms in total. The Hall–Kier alpha value is -0.430. The van der Waals surface area contributed by atoms with Gasteiger partial charge in [-0.1, -0.05) is 0 Å². The van der Waals surface area contributed by atoms with Gasteiger partial charge in [0, 0.05) is 12.7 Å². The molecule has 2 N–H and O–H groups in total. The molecular weight excluding hydrogens is 299 g/mol. The molecule has 0 aromatic heterocycles. The first-order valence-electron chi connectivity index (χ1n) is 3.44. The second-order valence-electron chi connectivity index (χ2n) is 2.22. The van der Waals surface area contributed by atoms with Gasteiger partial charge in [0.25, 0.3) is 0 Å². The van der Waals surface area contributed by atoms with E-state index >= 15 is 0 Å². The van der Waals surface area contributed by atoms with Crippen LogP contribution in [0.4, 0.5) is 5.69 Å². The maximum absolute atomic E-state index is 8.97. The number of halogens is 1. The first kappa shape index (κ1) is 12.6. The third kappa shape index (κ3) is 4.37. The van der Waals surface area contributed by atoms with E-state index in [4.69, 9.17) is 5.11 Å². The van der Waals surface area contributed by atoms with E-state index in [0.29, 0.717) is 5.17 Å². The fourth-order valence-electron chi connectivity index (χ4n) is 0.730. The summed E-state index contributed by atoms with van der Waals surface area (Å²) in [6, 6.07) is 6.69. The average Bonchev–Trinajstić information content (AvgIpc) is 2.09. The van der Waals surface area contributed by atoms with E-state index in [0.717, 1.165) is 5.69 Å². The van der Waals surface area contributed by atoms with Crippen LogP contribution in [0.15, 0.2) is 29.3 Å². The molecule has 0 amide bonds. The molecule has 0 aliphatic carbocycles. The molecule has 0 heterocycles. The molecule has 0 unspecified atom stereocenters. The van der Waals surface area contributed by atoms with Crippen LogP contribution in [-0.2, 0) is 0 Å². The van der Waals surface area contributed by atoms with Gasteiger partial charge in [0.1, 0.15) is 5.75 Å². The summed E-state index contributed by atoms with van der Waals surface area (Å²) in [6.07, 6.45) is 0. The number of phenols is 1. The van der Waals surface area contributed by atoms with Gasteiger partial charge in [-0.2, -0.15) is 0 Å². The molecule has 0 fully saturated rings. The number of aromatic hydroxyl groups is 1. The van der Waals surface area contributed by atoms with Crippen molar-refractivity contribution in [2.75, 3.05) is 12.4 Å². The van der Waals surface area contributed by atoms with Gasteiger partial charge in [0.2, 0.25) is 0 Å². The van der Waals surface area contributed by atoms with Crippen molar-refractivity contribution in [1.82, 2.24) is 0 Å². The molecule has 13 heavy (non-hydrogen) atoms. The normalized spacial score (nSPS) is 10.5. The van der Waals surface area contributed by atoms with Crippen molar-refractivity contribution in [3.8, 4) is 5.75 Å². The van der Waals surface area contributed by atoms with Crippen molar-refractivity contribution in [3.63, 3.8) is 0 Å². The van der Waals surface area contributed by atoms with Crippen LogP contribution >= 0.6 is 36.6 Å². The number of hydrogen-bond donors (Lipinski definition) is 3. The summed E-state index contributed by atoms with van der Waals surface area (Å²) in [5.41, 5.74) is 0.850. The smallest absolute Gasteiger partial charge is 0.157 e. The summed E-state index contributed by atoms with van der Waals surface area (Å²) in [7, 11) is 1.65. The predicted molar refractivity (Wildman–Crippen MR) is 69.5 cm³/mol. The zero-order valence-corrected chi connectivity index (χ0v) is 10.3. The van der Waals surface area contributed by atoms with Gasteiger partial charge >= 0.3 is 0 Å². The molecule has 0 bridgehead atoms. The third-order valence-electron chi connectivity index (χ3n) is 1.34. The lowest BCUT2D eigenvalue weighted by atomic mass is 10.3. The van der Waals surface area contributed by atoms with Crippen LogP contribution in [0, 0.1) is 0 Å². The van der Waals surface area contributed by atoms with Gasteiger partial charge in [0.05, 0.1) is 0 Å². The summed E-state index contributed by atoms with van der Waals surface area (Å²) in [4.78, 5) is 3.81. The van der Waals surface area contributed by atoms with Gasteiger partial charge in [-0.3, -0.25) is 4.99 Å². The molecular formula is C8H11IN2OS. The lowest BCUT2D eigenvalue weighted by molar-refractivity contribution is 0.475. The fraction of sp³-hybridized carbons (Fsp3) is 0.125. The van der Waals surface area contributed by atoms with Crippen molar-refractivity contribution in [2.45, 2.75) is 0 Å². The van der Waals surface area contributed by atoms with Crippen LogP contribution in [0.1, 0.15) is 0 Å². The Morgan fingerprint density at radius 1 is 1.38 bits per heavy atom. The number of rotatable bonds is 1. The predicted octanol–water partition coefficient (Wildman–Crippen LogP) is 2.34. The van der Waals surface area contributed by atoms with E-state index < -0.39 is 0 Å². The second kappa shape index (κ2) is 6.09. The number of amidine groups is 1. The van der Waals surface area contributed by atoms with Crippen molar-refractivity contribution < 1.29 is 5.11 Å². The first-order valence-corrected chi connectivity index (χ1v) is 3.89. The Morgan fingerprint density at radius 2 is 1.92 bits per heavy atom. The molecule has 1 rings (SSSR count). The minimum Gasteiger partial charge on any atom is -0.508 e. The Labute approximate surface area is 99.7 Å². The minimum absolute atomic E-state index is 0. The molecule has 0 atom stereocenters. The Balaban J connectivity index is 0.00000144. The highest BCUT2D eigenvalue weighted by Gasteiger charge is 1.92. The highest BCUT2D eigenvalue weighted by molar-refractivity contribution is 14.0. The highest BCUT2D eigenvalue weighted by Crippen LogP contribution is 2.13. The Morgan fingerprint density at radius 3 is 2.38 bits per heavy atom. The molecule has 0 spiro atoms. The van der Waals surface area contributed by atoms with Crippen molar-refractivity contribution in [2.24, 2.45) is 4.99 Å².